The average Bonchev–Trinajstić information content (AvgIpc) is 2.82. The predicted octanol–water partition coefficient (Wildman–Crippen LogP) is 4.87. The Labute approximate surface area is 212 Å². The minimum Gasteiger partial charge on any atom is -0.384 e. The van der Waals surface area contributed by atoms with Crippen LogP contribution in [0.25, 0.3) is 22.4 Å². The van der Waals surface area contributed by atoms with Crippen LogP contribution in [-0.4, -0.2) is 49.9 Å². The topological polar surface area (TPSA) is 97.0 Å². The van der Waals surface area contributed by atoms with Gasteiger partial charge in [-0.3, -0.25) is 9.69 Å². The van der Waals surface area contributed by atoms with Gasteiger partial charge in [-0.15, -0.1) is 0 Å². The third-order valence-corrected chi connectivity index (χ3v) is 7.47. The normalized spacial score (nSPS) is 17.6. The van der Waals surface area contributed by atoms with Gasteiger partial charge in [-0.1, -0.05) is 13.0 Å². The summed E-state index contributed by atoms with van der Waals surface area (Å²) in [5, 5.41) is 3.08. The van der Waals surface area contributed by atoms with E-state index in [1.165, 1.54) is 18.5 Å². The number of carbonyl (C=O) groups is 1. The van der Waals surface area contributed by atoms with Gasteiger partial charge in [0, 0.05) is 40.0 Å². The number of anilines is 1. The number of rotatable bonds is 5. The minimum absolute atomic E-state index is 0.0220. The summed E-state index contributed by atoms with van der Waals surface area (Å²) in [6.07, 6.45) is 5.39. The number of nitrogens with one attached hydrogen (secondary N) is 1. The molecule has 0 unspecified atom stereocenters. The van der Waals surface area contributed by atoms with E-state index in [0.717, 1.165) is 29.7 Å². The number of pyridine rings is 1. The number of carbonyl (C=O) groups excluding carboxylic acids is 1. The molecule has 0 aliphatic carbocycles. The lowest BCUT2D eigenvalue weighted by Gasteiger charge is -2.53. The van der Waals surface area contributed by atoms with Crippen LogP contribution >= 0.6 is 0 Å². The predicted molar refractivity (Wildman–Crippen MR) is 141 cm³/mol. The van der Waals surface area contributed by atoms with E-state index in [1.54, 1.807) is 18.3 Å². The van der Waals surface area contributed by atoms with Gasteiger partial charge in [0.1, 0.15) is 18.0 Å². The summed E-state index contributed by atoms with van der Waals surface area (Å²) in [7, 11) is 2.11. The van der Waals surface area contributed by atoms with Gasteiger partial charge in [-0.2, -0.15) is 0 Å². The van der Waals surface area contributed by atoms with E-state index >= 15 is 4.39 Å². The van der Waals surface area contributed by atoms with Crippen LogP contribution in [0.5, 0.6) is 0 Å². The molecule has 1 amide bonds. The van der Waals surface area contributed by atoms with E-state index in [9.17, 15) is 4.79 Å². The van der Waals surface area contributed by atoms with Crippen molar-refractivity contribution in [1.29, 1.82) is 0 Å². The van der Waals surface area contributed by atoms with Gasteiger partial charge in [-0.05, 0) is 78.3 Å². The Hall–Kier alpha value is -3.39. The molecule has 1 aliphatic heterocycles. The molecule has 1 fully saturated rings. The van der Waals surface area contributed by atoms with E-state index < -0.39 is 11.7 Å². The monoisotopic (exact) mass is 490 g/mol. The largest absolute Gasteiger partial charge is 0.384 e. The fraction of sp³-hybridized carbons (Fsp3) is 0.429. The summed E-state index contributed by atoms with van der Waals surface area (Å²) in [5.41, 5.74) is 9.16. The highest BCUT2D eigenvalue weighted by molar-refractivity contribution is 5.95. The van der Waals surface area contributed by atoms with E-state index in [-0.39, 0.29) is 22.7 Å². The van der Waals surface area contributed by atoms with Crippen LogP contribution in [0, 0.1) is 5.82 Å². The highest BCUT2D eigenvalue weighted by Crippen LogP contribution is 2.37. The van der Waals surface area contributed by atoms with Crippen LogP contribution in [0.2, 0.25) is 0 Å². The number of nitrogens with zero attached hydrogens (tertiary/aromatic N) is 4. The number of benzene rings is 1. The number of aromatic nitrogens is 3. The summed E-state index contributed by atoms with van der Waals surface area (Å²) in [4.78, 5) is 28.5. The molecule has 0 bridgehead atoms. The van der Waals surface area contributed by atoms with Gasteiger partial charge in [-0.25, -0.2) is 19.3 Å². The van der Waals surface area contributed by atoms with Gasteiger partial charge in [0.25, 0.3) is 5.91 Å². The zero-order valence-electron chi connectivity index (χ0n) is 21.9. The lowest BCUT2D eigenvalue weighted by molar-refractivity contribution is -0.0169. The van der Waals surface area contributed by atoms with Crippen molar-refractivity contribution in [2.24, 2.45) is 0 Å². The summed E-state index contributed by atoms with van der Waals surface area (Å²) < 4.78 is 15.3. The summed E-state index contributed by atoms with van der Waals surface area (Å²) in [5.74, 6) is -0.581. The number of likely N-dealkylation sites (tertiary alicyclic amines) is 1. The maximum Gasteiger partial charge on any atom is 0.254 e. The Morgan fingerprint density at radius 1 is 1.08 bits per heavy atom. The van der Waals surface area contributed by atoms with Crippen molar-refractivity contribution >= 4 is 11.7 Å². The molecular formula is C28H35FN6O. The molecule has 8 heteroatoms. The first-order valence-electron chi connectivity index (χ1n) is 12.3. The Morgan fingerprint density at radius 2 is 1.75 bits per heavy atom. The zero-order valence-corrected chi connectivity index (χ0v) is 21.9. The van der Waals surface area contributed by atoms with Crippen LogP contribution in [0.3, 0.4) is 0 Å². The molecule has 36 heavy (non-hydrogen) atoms. The standard InChI is InChI=1S/C28H35FN6O/c1-7-22-24(18-9-11-23(30)31-15-18)25(33-16-32-22)17-8-10-20(21(29)12-17)26(36)34-19-13-27(2,3)35(6)28(4,5)14-19/h8-12,15-16,19H,7,13-14H2,1-6H3,(H2,30,31)(H,34,36). The van der Waals surface area contributed by atoms with Gasteiger partial charge in [0.2, 0.25) is 0 Å². The zero-order chi connectivity index (χ0) is 26.3. The van der Waals surface area contributed by atoms with Gasteiger partial charge in [0.15, 0.2) is 0 Å². The number of amides is 1. The van der Waals surface area contributed by atoms with E-state index in [0.29, 0.717) is 23.5 Å². The minimum atomic E-state index is -0.588. The third-order valence-electron chi connectivity index (χ3n) is 7.47. The maximum atomic E-state index is 15.3. The second-order valence-electron chi connectivity index (χ2n) is 10.8. The van der Waals surface area contributed by atoms with Crippen LogP contribution in [0.4, 0.5) is 10.2 Å². The molecule has 0 atom stereocenters. The number of piperidine rings is 1. The Kier molecular flexibility index (Phi) is 6.84. The van der Waals surface area contributed by atoms with Crippen molar-refractivity contribution < 1.29 is 9.18 Å². The number of hydrogen-bond donors (Lipinski definition) is 2. The van der Waals surface area contributed by atoms with Gasteiger partial charge >= 0.3 is 0 Å². The van der Waals surface area contributed by atoms with Crippen LogP contribution < -0.4 is 11.1 Å². The number of halogens is 1. The molecule has 0 spiro atoms. The van der Waals surface area contributed by atoms with E-state index in [4.69, 9.17) is 5.73 Å². The van der Waals surface area contributed by atoms with E-state index in [2.05, 4.69) is 59.9 Å². The van der Waals surface area contributed by atoms with Gasteiger partial charge in [0.05, 0.1) is 17.0 Å². The fourth-order valence-electron chi connectivity index (χ4n) is 5.35. The molecule has 0 radical (unpaired) electrons. The fourth-order valence-corrected chi connectivity index (χ4v) is 5.35. The van der Waals surface area contributed by atoms with Crippen molar-refractivity contribution in [2.75, 3.05) is 12.8 Å². The molecule has 1 saturated heterocycles. The van der Waals surface area contributed by atoms with Crippen molar-refractivity contribution in [3.63, 3.8) is 0 Å². The summed E-state index contributed by atoms with van der Waals surface area (Å²) >= 11 is 0. The van der Waals surface area contributed by atoms with Crippen molar-refractivity contribution in [1.82, 2.24) is 25.2 Å². The molecule has 4 rings (SSSR count). The smallest absolute Gasteiger partial charge is 0.254 e. The molecule has 0 saturated carbocycles. The number of nitrogens with two attached hydrogens (primary N) is 1. The third kappa shape index (κ3) is 4.95. The SMILES string of the molecule is CCc1ncnc(-c2ccc(C(=O)NC3CC(C)(C)N(C)C(C)(C)C3)c(F)c2)c1-c1ccc(N)nc1. The first kappa shape index (κ1) is 25.7. The van der Waals surface area contributed by atoms with Crippen LogP contribution in [0.15, 0.2) is 42.9 Å². The Morgan fingerprint density at radius 3 is 2.33 bits per heavy atom. The molecule has 1 aromatic carbocycles. The highest BCUT2D eigenvalue weighted by atomic mass is 19.1. The second kappa shape index (κ2) is 9.58. The molecule has 1 aliphatic rings. The molecule has 190 valence electrons. The quantitative estimate of drug-likeness (QED) is 0.530. The van der Waals surface area contributed by atoms with Crippen LogP contribution in [0.1, 0.15) is 63.5 Å². The lowest BCUT2D eigenvalue weighted by atomic mass is 9.77. The molecule has 2 aromatic heterocycles. The van der Waals surface area contributed by atoms with Crippen molar-refractivity contribution in [3.8, 4) is 22.4 Å². The maximum absolute atomic E-state index is 15.3. The number of hydrogen-bond acceptors (Lipinski definition) is 6. The average molecular weight is 491 g/mol. The second-order valence-corrected chi connectivity index (χ2v) is 10.8. The van der Waals surface area contributed by atoms with Crippen LogP contribution in [-0.2, 0) is 6.42 Å². The Balaban J connectivity index is 1.63. The lowest BCUT2D eigenvalue weighted by Crippen LogP contribution is -2.62. The molecule has 3 N–H and O–H groups in total. The molecular weight excluding hydrogens is 455 g/mol. The Bertz CT molecular complexity index is 1250. The van der Waals surface area contributed by atoms with E-state index in [1.807, 2.05) is 13.0 Å². The first-order chi connectivity index (χ1) is 16.9. The summed E-state index contributed by atoms with van der Waals surface area (Å²) in [6, 6.07) is 8.15. The van der Waals surface area contributed by atoms with Crippen molar-refractivity contribution in [2.45, 2.75) is 71.0 Å². The van der Waals surface area contributed by atoms with Gasteiger partial charge < -0.3 is 11.1 Å². The molecule has 3 heterocycles. The highest BCUT2D eigenvalue weighted by Gasteiger charge is 2.43. The number of nitrogen functional groups attached to an aromatic ring is 1. The molecule has 7 nitrogen and oxygen atoms in total. The van der Waals surface area contributed by atoms with Crippen molar-refractivity contribution in [3.05, 3.63) is 59.9 Å². The number of aryl methyl sites for hydroxylation is 1. The molecule has 3 aromatic rings. The summed E-state index contributed by atoms with van der Waals surface area (Å²) in [6.45, 7) is 10.7. The first-order valence-corrected chi connectivity index (χ1v) is 12.3.